The summed E-state index contributed by atoms with van der Waals surface area (Å²) in [5.74, 6) is 0.704. The van der Waals surface area contributed by atoms with Crippen LogP contribution in [-0.4, -0.2) is 39.1 Å². The number of hydrogen-bond acceptors (Lipinski definition) is 6. The van der Waals surface area contributed by atoms with E-state index in [0.717, 1.165) is 11.4 Å². The summed E-state index contributed by atoms with van der Waals surface area (Å²) in [4.78, 5) is 12.2. The number of thioether (sulfide) groups is 1. The first-order valence-corrected chi connectivity index (χ1v) is 8.77. The highest BCUT2D eigenvalue weighted by molar-refractivity contribution is 7.99. The zero-order chi connectivity index (χ0) is 18.4. The Morgan fingerprint density at radius 3 is 2.68 bits per heavy atom. The van der Waals surface area contributed by atoms with Crippen LogP contribution in [0.5, 0.6) is 5.75 Å². The van der Waals surface area contributed by atoms with E-state index < -0.39 is 5.54 Å². The fourth-order valence-corrected chi connectivity index (χ4v) is 2.73. The number of rotatable bonds is 7. The Labute approximate surface area is 151 Å². The van der Waals surface area contributed by atoms with E-state index in [1.54, 1.807) is 24.9 Å². The zero-order valence-corrected chi connectivity index (χ0v) is 15.5. The molecule has 1 aromatic heterocycles. The summed E-state index contributed by atoms with van der Waals surface area (Å²) >= 11 is 1.27. The third-order valence-corrected chi connectivity index (χ3v) is 4.93. The van der Waals surface area contributed by atoms with Crippen LogP contribution >= 0.6 is 11.8 Å². The van der Waals surface area contributed by atoms with Crippen molar-refractivity contribution in [3.05, 3.63) is 30.6 Å². The fraction of sp³-hybridized carbons (Fsp3) is 0.412. The van der Waals surface area contributed by atoms with E-state index in [-0.39, 0.29) is 17.6 Å². The molecule has 1 unspecified atom stereocenters. The number of amides is 1. The first-order chi connectivity index (χ1) is 11.9. The summed E-state index contributed by atoms with van der Waals surface area (Å²) in [6.07, 6.45) is 1.59. The van der Waals surface area contributed by atoms with Crippen LogP contribution in [0.4, 0.5) is 0 Å². The molecule has 25 heavy (non-hydrogen) atoms. The summed E-state index contributed by atoms with van der Waals surface area (Å²) in [7, 11) is 1.61. The number of ether oxygens (including phenoxy) is 1. The Hall–Kier alpha value is -2.53. The SMILES string of the molecule is COc1ccc(-n2cnnc2SCC(=O)NC(C)(C#N)C(C)C)cc1. The number of aromatic nitrogens is 3. The van der Waals surface area contributed by atoms with E-state index in [4.69, 9.17) is 4.74 Å². The molecule has 0 spiro atoms. The van der Waals surface area contributed by atoms with Crippen molar-refractivity contribution in [2.75, 3.05) is 12.9 Å². The van der Waals surface area contributed by atoms with Crippen molar-refractivity contribution in [2.45, 2.75) is 31.5 Å². The normalized spacial score (nSPS) is 13.1. The van der Waals surface area contributed by atoms with Gasteiger partial charge in [-0.15, -0.1) is 10.2 Å². The third-order valence-electron chi connectivity index (χ3n) is 3.99. The lowest BCUT2D eigenvalue weighted by molar-refractivity contribution is -0.120. The number of hydrogen-bond donors (Lipinski definition) is 1. The van der Waals surface area contributed by atoms with E-state index in [2.05, 4.69) is 21.6 Å². The summed E-state index contributed by atoms with van der Waals surface area (Å²) in [6, 6.07) is 9.63. The third kappa shape index (κ3) is 4.51. The topological polar surface area (TPSA) is 92.8 Å². The number of benzene rings is 1. The number of nitrogens with zero attached hydrogens (tertiary/aromatic N) is 4. The predicted octanol–water partition coefficient (Wildman–Crippen LogP) is 2.42. The Bertz CT molecular complexity index is 766. The van der Waals surface area contributed by atoms with Gasteiger partial charge in [-0.05, 0) is 37.1 Å². The van der Waals surface area contributed by atoms with Gasteiger partial charge in [0.15, 0.2) is 5.16 Å². The lowest BCUT2D eigenvalue weighted by atomic mass is 9.90. The van der Waals surface area contributed by atoms with Gasteiger partial charge in [0, 0.05) is 5.69 Å². The lowest BCUT2D eigenvalue weighted by Crippen LogP contribution is -2.49. The smallest absolute Gasteiger partial charge is 0.231 e. The largest absolute Gasteiger partial charge is 0.497 e. The second-order valence-corrected chi connectivity index (χ2v) is 6.93. The Balaban J connectivity index is 2.04. The average molecular weight is 359 g/mol. The zero-order valence-electron chi connectivity index (χ0n) is 14.7. The van der Waals surface area contributed by atoms with Gasteiger partial charge in [0.2, 0.25) is 5.91 Å². The van der Waals surface area contributed by atoms with Crippen LogP contribution in [0.2, 0.25) is 0 Å². The Morgan fingerprint density at radius 1 is 1.44 bits per heavy atom. The molecular weight excluding hydrogens is 338 g/mol. The van der Waals surface area contributed by atoms with Crippen molar-refractivity contribution in [3.63, 3.8) is 0 Å². The molecule has 2 aromatic rings. The second-order valence-electron chi connectivity index (χ2n) is 5.99. The van der Waals surface area contributed by atoms with Gasteiger partial charge < -0.3 is 10.1 Å². The van der Waals surface area contributed by atoms with Gasteiger partial charge in [0.25, 0.3) is 0 Å². The molecule has 0 radical (unpaired) electrons. The van der Waals surface area contributed by atoms with Crippen molar-refractivity contribution in [1.29, 1.82) is 5.26 Å². The van der Waals surface area contributed by atoms with E-state index >= 15 is 0 Å². The first-order valence-electron chi connectivity index (χ1n) is 7.79. The quantitative estimate of drug-likeness (QED) is 0.763. The van der Waals surface area contributed by atoms with Crippen molar-refractivity contribution >= 4 is 17.7 Å². The van der Waals surface area contributed by atoms with Gasteiger partial charge in [-0.1, -0.05) is 25.6 Å². The molecule has 0 fully saturated rings. The molecule has 0 aliphatic rings. The molecule has 2 rings (SSSR count). The van der Waals surface area contributed by atoms with Crippen LogP contribution in [0, 0.1) is 17.2 Å². The molecule has 0 saturated heterocycles. The number of nitriles is 1. The van der Waals surface area contributed by atoms with Crippen LogP contribution in [-0.2, 0) is 4.79 Å². The molecule has 1 atom stereocenters. The monoisotopic (exact) mass is 359 g/mol. The maximum atomic E-state index is 12.2. The minimum Gasteiger partial charge on any atom is -0.497 e. The maximum Gasteiger partial charge on any atom is 0.231 e. The van der Waals surface area contributed by atoms with E-state index in [1.165, 1.54) is 11.8 Å². The fourth-order valence-electron chi connectivity index (χ4n) is 2.00. The van der Waals surface area contributed by atoms with Gasteiger partial charge in [-0.3, -0.25) is 9.36 Å². The standard InChI is InChI=1S/C17H21N5O2S/c1-12(2)17(3,10-18)20-15(23)9-25-16-21-19-11-22(16)13-5-7-14(24-4)8-6-13/h5-8,11-12H,9H2,1-4H3,(H,20,23). The predicted molar refractivity (Wildman–Crippen MR) is 95.6 cm³/mol. The van der Waals surface area contributed by atoms with E-state index in [1.807, 2.05) is 38.1 Å². The van der Waals surface area contributed by atoms with Gasteiger partial charge in [-0.25, -0.2) is 0 Å². The minimum absolute atomic E-state index is 0.00871. The highest BCUT2D eigenvalue weighted by Crippen LogP contribution is 2.22. The van der Waals surface area contributed by atoms with Gasteiger partial charge >= 0.3 is 0 Å². The maximum absolute atomic E-state index is 12.2. The van der Waals surface area contributed by atoms with Gasteiger partial charge in [0.05, 0.1) is 18.9 Å². The molecule has 0 aliphatic heterocycles. The highest BCUT2D eigenvalue weighted by Gasteiger charge is 2.30. The lowest BCUT2D eigenvalue weighted by Gasteiger charge is -2.27. The molecule has 0 saturated carbocycles. The molecule has 1 N–H and O–H groups in total. The molecule has 0 aliphatic carbocycles. The van der Waals surface area contributed by atoms with Crippen LogP contribution in [0.15, 0.2) is 35.7 Å². The van der Waals surface area contributed by atoms with Crippen molar-refractivity contribution < 1.29 is 9.53 Å². The molecule has 1 aromatic carbocycles. The number of nitrogens with one attached hydrogen (secondary N) is 1. The van der Waals surface area contributed by atoms with Crippen molar-refractivity contribution in [3.8, 4) is 17.5 Å². The van der Waals surface area contributed by atoms with Crippen LogP contribution in [0.3, 0.4) is 0 Å². The number of methoxy groups -OCH3 is 1. The Kier molecular flexibility index (Phi) is 6.04. The first kappa shape index (κ1) is 18.8. The van der Waals surface area contributed by atoms with Crippen molar-refractivity contribution in [2.24, 2.45) is 5.92 Å². The minimum atomic E-state index is -0.888. The van der Waals surface area contributed by atoms with E-state index in [0.29, 0.717) is 5.16 Å². The number of carbonyl (C=O) groups is 1. The summed E-state index contributed by atoms with van der Waals surface area (Å²) < 4.78 is 6.94. The van der Waals surface area contributed by atoms with Crippen LogP contribution < -0.4 is 10.1 Å². The molecule has 1 heterocycles. The van der Waals surface area contributed by atoms with Crippen molar-refractivity contribution in [1.82, 2.24) is 20.1 Å². The van der Waals surface area contributed by atoms with Crippen LogP contribution in [0.1, 0.15) is 20.8 Å². The summed E-state index contributed by atoms with van der Waals surface area (Å²) in [5.41, 5.74) is -0.0147. The number of carbonyl (C=O) groups excluding carboxylic acids is 1. The molecule has 8 heteroatoms. The molecule has 7 nitrogen and oxygen atoms in total. The van der Waals surface area contributed by atoms with E-state index in [9.17, 15) is 10.1 Å². The average Bonchev–Trinajstić information content (AvgIpc) is 3.08. The van der Waals surface area contributed by atoms with Crippen LogP contribution in [0.25, 0.3) is 5.69 Å². The molecule has 1 amide bonds. The molecular formula is C17H21N5O2S. The second kappa shape index (κ2) is 8.03. The van der Waals surface area contributed by atoms with Gasteiger partial charge in [0.1, 0.15) is 17.6 Å². The summed E-state index contributed by atoms with van der Waals surface area (Å²) in [6.45, 7) is 5.52. The van der Waals surface area contributed by atoms with Gasteiger partial charge in [-0.2, -0.15) is 5.26 Å². The molecule has 0 bridgehead atoms. The highest BCUT2D eigenvalue weighted by atomic mass is 32.2. The Morgan fingerprint density at radius 2 is 2.12 bits per heavy atom. The molecule has 132 valence electrons. The summed E-state index contributed by atoms with van der Waals surface area (Å²) in [5, 5.41) is 20.6.